The first-order valence-corrected chi connectivity index (χ1v) is 7.43. The summed E-state index contributed by atoms with van der Waals surface area (Å²) in [6, 6.07) is 3.98. The van der Waals surface area contributed by atoms with Crippen LogP contribution in [0.2, 0.25) is 0 Å². The van der Waals surface area contributed by atoms with E-state index >= 15 is 0 Å². The molecule has 1 heterocycles. The lowest BCUT2D eigenvalue weighted by molar-refractivity contribution is -0.0710. The molecule has 0 aromatic carbocycles. The van der Waals surface area contributed by atoms with Crippen molar-refractivity contribution in [2.75, 3.05) is 0 Å². The van der Waals surface area contributed by atoms with Crippen LogP contribution in [0, 0.1) is 11.3 Å². The summed E-state index contributed by atoms with van der Waals surface area (Å²) in [6.07, 6.45) is 5.51. The molecule has 18 heavy (non-hydrogen) atoms. The van der Waals surface area contributed by atoms with Crippen LogP contribution in [0.25, 0.3) is 0 Å². The van der Waals surface area contributed by atoms with Gasteiger partial charge < -0.3 is 5.11 Å². The summed E-state index contributed by atoms with van der Waals surface area (Å²) in [5.74, 6) is 0.326. The average Bonchev–Trinajstić information content (AvgIpc) is 2.28. The van der Waals surface area contributed by atoms with Crippen molar-refractivity contribution < 1.29 is 5.11 Å². The summed E-state index contributed by atoms with van der Waals surface area (Å²) in [5, 5.41) is 10.8. The summed E-state index contributed by atoms with van der Waals surface area (Å²) in [4.78, 5) is 4.38. The van der Waals surface area contributed by atoms with Crippen LogP contribution in [-0.4, -0.2) is 15.7 Å². The number of pyridine rings is 1. The van der Waals surface area contributed by atoms with Gasteiger partial charge in [-0.1, -0.05) is 20.8 Å². The summed E-state index contributed by atoms with van der Waals surface area (Å²) in [6.45, 7) is 6.75. The fourth-order valence-electron chi connectivity index (χ4n) is 3.01. The van der Waals surface area contributed by atoms with Crippen molar-refractivity contribution in [1.29, 1.82) is 0 Å². The molecule has 1 N–H and O–H groups in total. The monoisotopic (exact) mass is 311 g/mol. The summed E-state index contributed by atoms with van der Waals surface area (Å²) >= 11 is 3.39. The fraction of sp³-hybridized carbons (Fsp3) is 0.667. The van der Waals surface area contributed by atoms with Crippen LogP contribution >= 0.6 is 15.9 Å². The Morgan fingerprint density at radius 1 is 1.39 bits per heavy atom. The Morgan fingerprint density at radius 3 is 2.67 bits per heavy atom. The third-order valence-corrected chi connectivity index (χ3v) is 4.76. The highest BCUT2D eigenvalue weighted by atomic mass is 79.9. The van der Waals surface area contributed by atoms with Gasteiger partial charge in [0.25, 0.3) is 0 Å². The molecule has 1 aromatic heterocycles. The Bertz CT molecular complexity index is 415. The van der Waals surface area contributed by atoms with E-state index in [0.29, 0.717) is 17.8 Å². The molecule has 0 bridgehead atoms. The van der Waals surface area contributed by atoms with Gasteiger partial charge in [0.2, 0.25) is 0 Å². The van der Waals surface area contributed by atoms with Gasteiger partial charge >= 0.3 is 0 Å². The van der Waals surface area contributed by atoms with E-state index in [1.54, 1.807) is 6.20 Å². The Balaban J connectivity index is 2.10. The highest BCUT2D eigenvalue weighted by Crippen LogP contribution is 2.45. The molecule has 2 unspecified atom stereocenters. The second-order valence-electron chi connectivity index (χ2n) is 6.52. The van der Waals surface area contributed by atoms with E-state index in [4.69, 9.17) is 0 Å². The van der Waals surface area contributed by atoms with E-state index in [9.17, 15) is 5.11 Å². The van der Waals surface area contributed by atoms with E-state index in [1.807, 2.05) is 12.1 Å². The molecule has 1 fully saturated rings. The number of rotatable bonds is 2. The molecule has 0 saturated heterocycles. The van der Waals surface area contributed by atoms with Crippen molar-refractivity contribution in [3.63, 3.8) is 0 Å². The number of hydrogen-bond acceptors (Lipinski definition) is 2. The maximum atomic E-state index is 10.8. The molecule has 0 amide bonds. The molecule has 2 atom stereocenters. The van der Waals surface area contributed by atoms with E-state index in [2.05, 4.69) is 41.7 Å². The Hall–Kier alpha value is -0.410. The molecular formula is C15H22BrNO. The molecule has 3 heteroatoms. The number of halogens is 1. The molecule has 1 aliphatic rings. The topological polar surface area (TPSA) is 33.1 Å². The van der Waals surface area contributed by atoms with Gasteiger partial charge in [-0.15, -0.1) is 0 Å². The molecule has 1 aliphatic carbocycles. The van der Waals surface area contributed by atoms with E-state index in [1.165, 1.54) is 0 Å². The van der Waals surface area contributed by atoms with Crippen LogP contribution < -0.4 is 0 Å². The highest BCUT2D eigenvalue weighted by Gasteiger charge is 2.42. The fourth-order valence-corrected chi connectivity index (χ4v) is 3.24. The lowest BCUT2D eigenvalue weighted by atomic mass is 9.64. The smallest absolute Gasteiger partial charge is 0.0728 e. The average molecular weight is 312 g/mol. The minimum Gasteiger partial charge on any atom is -0.389 e. The third-order valence-electron chi connectivity index (χ3n) is 4.29. The summed E-state index contributed by atoms with van der Waals surface area (Å²) in [5.41, 5.74) is 0.752. The maximum absolute atomic E-state index is 10.8. The first kappa shape index (κ1) is 14.0. The van der Waals surface area contributed by atoms with E-state index in [-0.39, 0.29) is 0 Å². The maximum Gasteiger partial charge on any atom is 0.0728 e. The largest absolute Gasteiger partial charge is 0.389 e. The minimum absolute atomic E-state index is 0.326. The zero-order valence-corrected chi connectivity index (χ0v) is 13.0. The lowest BCUT2D eigenvalue weighted by Gasteiger charge is -2.45. The quantitative estimate of drug-likeness (QED) is 0.896. The first-order valence-electron chi connectivity index (χ1n) is 6.64. The summed E-state index contributed by atoms with van der Waals surface area (Å²) < 4.78 is 0.982. The Labute approximate surface area is 118 Å². The van der Waals surface area contributed by atoms with Gasteiger partial charge in [-0.05, 0) is 58.7 Å². The van der Waals surface area contributed by atoms with Gasteiger partial charge in [0.05, 0.1) is 5.60 Å². The highest BCUT2D eigenvalue weighted by molar-refractivity contribution is 9.10. The van der Waals surface area contributed by atoms with Crippen molar-refractivity contribution >= 4 is 15.9 Å². The van der Waals surface area contributed by atoms with Crippen molar-refractivity contribution in [3.8, 4) is 0 Å². The predicted molar refractivity (Wildman–Crippen MR) is 77.4 cm³/mol. The van der Waals surface area contributed by atoms with Gasteiger partial charge in [-0.3, -0.25) is 4.98 Å². The molecule has 1 saturated carbocycles. The van der Waals surface area contributed by atoms with Crippen LogP contribution in [0.4, 0.5) is 0 Å². The van der Waals surface area contributed by atoms with Gasteiger partial charge in [-0.25, -0.2) is 0 Å². The molecule has 1 aromatic rings. The number of hydrogen-bond donors (Lipinski definition) is 1. The van der Waals surface area contributed by atoms with Crippen molar-refractivity contribution in [2.24, 2.45) is 11.3 Å². The Morgan fingerprint density at radius 2 is 2.11 bits per heavy atom. The van der Waals surface area contributed by atoms with Crippen LogP contribution in [0.3, 0.4) is 0 Å². The number of nitrogens with zero attached hydrogens (tertiary/aromatic N) is 1. The first-order chi connectivity index (χ1) is 8.31. The van der Waals surface area contributed by atoms with E-state index in [0.717, 1.165) is 29.4 Å². The third kappa shape index (κ3) is 3.12. The standard InChI is InChI=1S/C15H22BrNO/c1-11-8-14(2,3)6-7-15(11,18)9-13-5-4-12(16)10-17-13/h4-5,10-11,18H,6-9H2,1-3H3. The van der Waals surface area contributed by atoms with Gasteiger partial charge in [0.15, 0.2) is 0 Å². The molecule has 0 aliphatic heterocycles. The molecule has 0 spiro atoms. The van der Waals surface area contributed by atoms with Crippen molar-refractivity contribution in [1.82, 2.24) is 4.98 Å². The predicted octanol–water partition coefficient (Wildman–Crippen LogP) is 3.96. The summed E-state index contributed by atoms with van der Waals surface area (Å²) in [7, 11) is 0. The van der Waals surface area contributed by atoms with Gasteiger partial charge in [0, 0.05) is 22.8 Å². The molecule has 100 valence electrons. The minimum atomic E-state index is -0.587. The van der Waals surface area contributed by atoms with Gasteiger partial charge in [0.1, 0.15) is 0 Å². The van der Waals surface area contributed by atoms with Crippen LogP contribution in [-0.2, 0) is 6.42 Å². The van der Waals surface area contributed by atoms with E-state index < -0.39 is 5.60 Å². The molecule has 2 nitrogen and oxygen atoms in total. The van der Waals surface area contributed by atoms with Gasteiger partial charge in [-0.2, -0.15) is 0 Å². The molecule has 0 radical (unpaired) electrons. The normalized spacial score (nSPS) is 31.3. The van der Waals surface area contributed by atoms with Crippen molar-refractivity contribution in [3.05, 3.63) is 28.5 Å². The van der Waals surface area contributed by atoms with Crippen LogP contribution in [0.1, 0.15) is 45.7 Å². The zero-order valence-electron chi connectivity index (χ0n) is 11.4. The molecule has 2 rings (SSSR count). The zero-order chi connectivity index (χ0) is 13.4. The number of aromatic nitrogens is 1. The SMILES string of the molecule is CC1CC(C)(C)CCC1(O)Cc1ccc(Br)cn1. The number of aliphatic hydroxyl groups is 1. The van der Waals surface area contributed by atoms with Crippen LogP contribution in [0.15, 0.2) is 22.8 Å². The Kier molecular flexibility index (Phi) is 3.84. The van der Waals surface area contributed by atoms with Crippen LogP contribution in [0.5, 0.6) is 0 Å². The molecular weight excluding hydrogens is 290 g/mol. The second kappa shape index (κ2) is 4.93. The second-order valence-corrected chi connectivity index (χ2v) is 7.43. The van der Waals surface area contributed by atoms with Crippen molar-refractivity contribution in [2.45, 2.75) is 52.1 Å². The lowest BCUT2D eigenvalue weighted by Crippen LogP contribution is -2.45.